The lowest BCUT2D eigenvalue weighted by atomic mass is 9.91. The second-order valence-electron chi connectivity index (χ2n) is 7.36. The van der Waals surface area contributed by atoms with E-state index in [0.717, 1.165) is 5.56 Å². The summed E-state index contributed by atoms with van der Waals surface area (Å²) >= 11 is 44.2. The zero-order chi connectivity index (χ0) is 25.0. The molecule has 0 unspecified atom stereocenters. The van der Waals surface area contributed by atoms with E-state index in [0.29, 0.717) is 16.3 Å². The van der Waals surface area contributed by atoms with E-state index >= 15 is 0 Å². The molecule has 0 amide bonds. The van der Waals surface area contributed by atoms with Crippen molar-refractivity contribution in [3.05, 3.63) is 68.7 Å². The SMILES string of the molecule is Cc1ccc(N[C@]2(NS(=O)(=O)c3ccc(Cl)cc3)C(Cl)=C(Cl)C(=O)C(Cl)(Cl)C2(Cl)Cl)c(C)c1. The molecule has 5 nitrogen and oxygen atoms in total. The van der Waals surface area contributed by atoms with Crippen molar-refractivity contribution in [2.45, 2.75) is 33.1 Å². The van der Waals surface area contributed by atoms with Crippen LogP contribution in [0.1, 0.15) is 11.1 Å². The van der Waals surface area contributed by atoms with Crippen molar-refractivity contribution in [3.63, 3.8) is 0 Å². The maximum atomic E-state index is 13.4. The van der Waals surface area contributed by atoms with E-state index in [1.807, 2.05) is 13.0 Å². The third-order valence-corrected chi connectivity index (χ3v) is 10.1. The van der Waals surface area contributed by atoms with Crippen LogP contribution in [0.5, 0.6) is 0 Å². The molecule has 1 atom stereocenters. The predicted octanol–water partition coefficient (Wildman–Crippen LogP) is 6.66. The van der Waals surface area contributed by atoms with Gasteiger partial charge >= 0.3 is 0 Å². The maximum Gasteiger partial charge on any atom is 0.242 e. The van der Waals surface area contributed by atoms with Gasteiger partial charge in [0.2, 0.25) is 24.5 Å². The van der Waals surface area contributed by atoms with Gasteiger partial charge in [0.05, 0.1) is 9.93 Å². The highest BCUT2D eigenvalue weighted by Crippen LogP contribution is 2.59. The monoisotopic (exact) mass is 608 g/mol. The summed E-state index contributed by atoms with van der Waals surface area (Å²) in [6.07, 6.45) is 0. The number of sulfonamides is 1. The molecule has 1 aliphatic carbocycles. The topological polar surface area (TPSA) is 75.3 Å². The number of halogens is 7. The van der Waals surface area contributed by atoms with E-state index in [9.17, 15) is 13.2 Å². The molecule has 2 aromatic carbocycles. The van der Waals surface area contributed by atoms with Crippen molar-refractivity contribution < 1.29 is 13.2 Å². The number of hydrogen-bond acceptors (Lipinski definition) is 4. The molecular weight excluding hydrogens is 596 g/mol. The van der Waals surface area contributed by atoms with Crippen molar-refractivity contribution >= 4 is 103 Å². The third-order valence-electron chi connectivity index (χ3n) is 4.99. The van der Waals surface area contributed by atoms with Crippen LogP contribution in [0, 0.1) is 13.8 Å². The van der Waals surface area contributed by atoms with Gasteiger partial charge in [0.1, 0.15) is 5.03 Å². The minimum atomic E-state index is -4.42. The first-order chi connectivity index (χ1) is 15.1. The van der Waals surface area contributed by atoms with Gasteiger partial charge in [0.25, 0.3) is 0 Å². The molecule has 0 bridgehead atoms. The Labute approximate surface area is 226 Å². The Morgan fingerprint density at radius 1 is 0.879 bits per heavy atom. The van der Waals surface area contributed by atoms with E-state index in [-0.39, 0.29) is 4.90 Å². The Hall–Kier alpha value is -0.410. The van der Waals surface area contributed by atoms with Gasteiger partial charge in [-0.25, -0.2) is 8.42 Å². The van der Waals surface area contributed by atoms with Gasteiger partial charge in [0, 0.05) is 10.7 Å². The molecule has 0 heterocycles. The smallest absolute Gasteiger partial charge is 0.242 e. The first-order valence-corrected chi connectivity index (χ1v) is 13.2. The average molecular weight is 612 g/mol. The number of nitrogens with one attached hydrogen (secondary N) is 2. The number of allylic oxidation sites excluding steroid dienone is 1. The largest absolute Gasteiger partial charge is 0.359 e. The summed E-state index contributed by atoms with van der Waals surface area (Å²) in [6.45, 7) is 3.62. The number of anilines is 1. The second kappa shape index (κ2) is 9.23. The Morgan fingerprint density at radius 2 is 1.45 bits per heavy atom. The number of carbonyl (C=O) groups is 1. The third kappa shape index (κ3) is 4.59. The van der Waals surface area contributed by atoms with Crippen molar-refractivity contribution in [1.29, 1.82) is 0 Å². The summed E-state index contributed by atoms with van der Waals surface area (Å²) in [7, 11) is -4.42. The summed E-state index contributed by atoms with van der Waals surface area (Å²) in [5.41, 5.74) is -0.396. The number of hydrogen-bond donors (Lipinski definition) is 2. The molecule has 33 heavy (non-hydrogen) atoms. The van der Waals surface area contributed by atoms with Crippen LogP contribution in [-0.4, -0.2) is 28.5 Å². The average Bonchev–Trinajstić information content (AvgIpc) is 2.72. The Bertz CT molecular complexity index is 1260. The Morgan fingerprint density at radius 3 is 2.00 bits per heavy atom. The van der Waals surface area contributed by atoms with E-state index < -0.39 is 40.2 Å². The molecule has 0 aromatic heterocycles. The van der Waals surface area contributed by atoms with Crippen LogP contribution >= 0.6 is 81.2 Å². The maximum absolute atomic E-state index is 13.4. The van der Waals surface area contributed by atoms with E-state index in [1.165, 1.54) is 24.3 Å². The van der Waals surface area contributed by atoms with Crippen molar-refractivity contribution in [3.8, 4) is 0 Å². The van der Waals surface area contributed by atoms with Gasteiger partial charge in [-0.1, -0.05) is 98.9 Å². The van der Waals surface area contributed by atoms with Crippen LogP contribution in [0.4, 0.5) is 5.69 Å². The minimum Gasteiger partial charge on any atom is -0.359 e. The fraction of sp³-hybridized carbons (Fsp3) is 0.250. The highest BCUT2D eigenvalue weighted by Gasteiger charge is 2.71. The number of benzene rings is 2. The summed E-state index contributed by atoms with van der Waals surface area (Å²) < 4.78 is 23.9. The lowest BCUT2D eigenvalue weighted by molar-refractivity contribution is -0.116. The molecule has 0 saturated carbocycles. The van der Waals surface area contributed by atoms with Crippen LogP contribution in [0.2, 0.25) is 5.02 Å². The van der Waals surface area contributed by atoms with Crippen molar-refractivity contribution in [1.82, 2.24) is 4.72 Å². The summed E-state index contributed by atoms with van der Waals surface area (Å²) in [6, 6.07) is 10.5. The molecule has 1 aliphatic rings. The number of aryl methyl sites for hydroxylation is 2. The first-order valence-electron chi connectivity index (χ1n) is 9.08. The lowest BCUT2D eigenvalue weighted by Gasteiger charge is -2.51. The molecule has 0 radical (unpaired) electrons. The van der Waals surface area contributed by atoms with Gasteiger partial charge in [0.15, 0.2) is 5.66 Å². The van der Waals surface area contributed by atoms with Crippen LogP contribution in [0.15, 0.2) is 57.4 Å². The van der Waals surface area contributed by atoms with Gasteiger partial charge in [-0.05, 0) is 49.7 Å². The van der Waals surface area contributed by atoms with E-state index in [2.05, 4.69) is 10.0 Å². The fourth-order valence-electron chi connectivity index (χ4n) is 3.22. The highest BCUT2D eigenvalue weighted by molar-refractivity contribution is 7.89. The minimum absolute atomic E-state index is 0.204. The van der Waals surface area contributed by atoms with Crippen molar-refractivity contribution in [2.24, 2.45) is 0 Å². The standard InChI is InChI=1S/C20H15Cl7N2O3S/c1-10-3-8-14(11(2)9-10)28-19(29-33(31,32)13-6-4-12(21)5-7-13)16(23)15(22)17(30)18(24,25)20(19,26)27/h3-9,28-29H,1-2H3/t19-/m0/s1. The molecule has 0 aliphatic heterocycles. The zero-order valence-corrected chi connectivity index (χ0v) is 22.9. The van der Waals surface area contributed by atoms with E-state index in [1.54, 1.807) is 19.1 Å². The first kappa shape index (κ1) is 27.2. The normalized spacial score (nSPS) is 22.4. The van der Waals surface area contributed by atoms with Crippen molar-refractivity contribution in [2.75, 3.05) is 5.32 Å². The van der Waals surface area contributed by atoms with Crippen LogP contribution in [-0.2, 0) is 14.8 Å². The second-order valence-corrected chi connectivity index (χ2v) is 12.9. The summed E-state index contributed by atoms with van der Waals surface area (Å²) in [4.78, 5) is 12.5. The molecule has 0 fully saturated rings. The molecule has 3 rings (SSSR count). The van der Waals surface area contributed by atoms with Gasteiger partial charge in [-0.15, -0.1) is 0 Å². The van der Waals surface area contributed by atoms with Crippen LogP contribution in [0.25, 0.3) is 0 Å². The van der Waals surface area contributed by atoms with Crippen LogP contribution in [0.3, 0.4) is 0 Å². The molecule has 0 saturated heterocycles. The Balaban J connectivity index is 2.31. The van der Waals surface area contributed by atoms with Gasteiger partial charge in [-0.2, -0.15) is 4.72 Å². The number of Topliss-reactive ketones (excluding diaryl/α,β-unsaturated/α-hetero) is 1. The molecule has 13 heteroatoms. The van der Waals surface area contributed by atoms with Gasteiger partial charge in [-0.3, -0.25) is 4.79 Å². The molecule has 2 N–H and O–H groups in total. The van der Waals surface area contributed by atoms with Crippen LogP contribution < -0.4 is 10.0 Å². The molecule has 2 aromatic rings. The summed E-state index contributed by atoms with van der Waals surface area (Å²) in [5.74, 6) is -1.09. The number of alkyl halides is 4. The lowest BCUT2D eigenvalue weighted by Crippen LogP contribution is -2.73. The molecular formula is C20H15Cl7N2O3S. The number of rotatable bonds is 5. The number of ketones is 1. The highest BCUT2D eigenvalue weighted by atomic mass is 35.5. The molecule has 178 valence electrons. The fourth-order valence-corrected chi connectivity index (χ4v) is 6.65. The number of carbonyl (C=O) groups excluding carboxylic acids is 1. The van der Waals surface area contributed by atoms with Gasteiger partial charge < -0.3 is 5.32 Å². The predicted molar refractivity (Wildman–Crippen MR) is 137 cm³/mol. The quantitative estimate of drug-likeness (QED) is 0.293. The summed E-state index contributed by atoms with van der Waals surface area (Å²) in [5, 5.41) is 2.02. The Kier molecular flexibility index (Phi) is 7.60. The van der Waals surface area contributed by atoms with E-state index in [4.69, 9.17) is 81.2 Å². The molecule has 0 spiro atoms. The zero-order valence-electron chi connectivity index (χ0n) is 16.8.